The second-order valence-electron chi connectivity index (χ2n) is 7.21. The molecule has 0 saturated carbocycles. The van der Waals surface area contributed by atoms with Crippen LogP contribution in [0.2, 0.25) is 0 Å². The highest BCUT2D eigenvalue weighted by Gasteiger charge is 2.15. The molecule has 4 nitrogen and oxygen atoms in total. The van der Waals surface area contributed by atoms with Crippen molar-refractivity contribution < 1.29 is 18.3 Å². The zero-order valence-corrected chi connectivity index (χ0v) is 17.3. The molecule has 6 heteroatoms. The van der Waals surface area contributed by atoms with Gasteiger partial charge < -0.3 is 14.6 Å². The van der Waals surface area contributed by atoms with E-state index < -0.39 is 11.6 Å². The highest BCUT2D eigenvalue weighted by Crippen LogP contribution is 2.25. The fraction of sp³-hybridized carbons (Fsp3) is 0.292. The molecule has 0 saturated heterocycles. The van der Waals surface area contributed by atoms with Crippen LogP contribution in [0, 0.1) is 11.6 Å². The van der Waals surface area contributed by atoms with Crippen LogP contribution in [0.15, 0.2) is 54.7 Å². The number of methoxy groups -OCH3 is 1. The van der Waals surface area contributed by atoms with Gasteiger partial charge in [-0.2, -0.15) is 0 Å². The van der Waals surface area contributed by atoms with E-state index in [-0.39, 0.29) is 5.97 Å². The van der Waals surface area contributed by atoms with Gasteiger partial charge in [0.25, 0.3) is 0 Å². The molecule has 1 heterocycles. The highest BCUT2D eigenvalue weighted by molar-refractivity contribution is 5.89. The van der Waals surface area contributed by atoms with Gasteiger partial charge in [0.1, 0.15) is 17.3 Å². The van der Waals surface area contributed by atoms with Gasteiger partial charge >= 0.3 is 5.97 Å². The Balaban J connectivity index is 1.72. The number of ether oxygens (including phenoxy) is 1. The fourth-order valence-electron chi connectivity index (χ4n) is 3.36. The number of benzene rings is 2. The summed E-state index contributed by atoms with van der Waals surface area (Å²) in [5.41, 5.74) is 3.81. The second-order valence-corrected chi connectivity index (χ2v) is 7.21. The number of esters is 1. The first kappa shape index (κ1) is 21.6. The number of aromatic nitrogens is 1. The zero-order valence-electron chi connectivity index (χ0n) is 17.3. The molecule has 2 aromatic carbocycles. The Morgan fingerprint density at radius 1 is 1.00 bits per heavy atom. The van der Waals surface area contributed by atoms with Crippen LogP contribution in [-0.2, 0) is 17.8 Å². The van der Waals surface area contributed by atoms with Crippen molar-refractivity contribution in [2.75, 3.05) is 12.4 Å². The summed E-state index contributed by atoms with van der Waals surface area (Å²) in [5.74, 6) is -1.53. The van der Waals surface area contributed by atoms with E-state index in [1.54, 1.807) is 0 Å². The van der Waals surface area contributed by atoms with Crippen molar-refractivity contribution in [3.05, 3.63) is 77.6 Å². The van der Waals surface area contributed by atoms with Crippen LogP contribution >= 0.6 is 0 Å². The molecule has 1 aromatic heterocycles. The Hall–Kier alpha value is -3.15. The average Bonchev–Trinajstić information content (AvgIpc) is 3.16. The fourth-order valence-corrected chi connectivity index (χ4v) is 3.36. The number of halogens is 2. The molecule has 0 aliphatic rings. The maximum atomic E-state index is 13.3. The number of anilines is 1. The van der Waals surface area contributed by atoms with Crippen LogP contribution in [0.1, 0.15) is 42.2 Å². The van der Waals surface area contributed by atoms with Crippen molar-refractivity contribution in [3.8, 4) is 11.1 Å². The molecular formula is C24H26F2N2O2. The van der Waals surface area contributed by atoms with E-state index in [2.05, 4.69) is 12.2 Å². The van der Waals surface area contributed by atoms with E-state index in [0.29, 0.717) is 17.8 Å². The number of aryl methyl sites for hydroxylation is 1. The number of rotatable bonds is 9. The molecule has 0 unspecified atom stereocenters. The summed E-state index contributed by atoms with van der Waals surface area (Å²) >= 11 is 0. The number of hydrogen-bond donors (Lipinski definition) is 1. The largest absolute Gasteiger partial charge is 0.464 e. The highest BCUT2D eigenvalue weighted by atomic mass is 19.1. The minimum absolute atomic E-state index is 0.314. The van der Waals surface area contributed by atoms with Gasteiger partial charge in [0.05, 0.1) is 7.11 Å². The van der Waals surface area contributed by atoms with Crippen molar-refractivity contribution in [1.82, 2.24) is 4.57 Å². The first-order valence-electron chi connectivity index (χ1n) is 10.1. The molecule has 0 bridgehead atoms. The Kier molecular flexibility index (Phi) is 7.22. The van der Waals surface area contributed by atoms with Gasteiger partial charge in [-0.3, -0.25) is 0 Å². The molecule has 0 atom stereocenters. The Morgan fingerprint density at radius 2 is 1.70 bits per heavy atom. The third-order valence-corrected chi connectivity index (χ3v) is 4.93. The molecule has 0 spiro atoms. The molecule has 3 aromatic rings. The Morgan fingerprint density at radius 3 is 2.33 bits per heavy atom. The quantitative estimate of drug-likeness (QED) is 0.345. The van der Waals surface area contributed by atoms with Gasteiger partial charge in [-0.15, -0.1) is 0 Å². The normalized spacial score (nSPS) is 10.8. The van der Waals surface area contributed by atoms with E-state index in [4.69, 9.17) is 4.74 Å². The summed E-state index contributed by atoms with van der Waals surface area (Å²) in [6.45, 7) is 3.22. The van der Waals surface area contributed by atoms with Crippen molar-refractivity contribution in [2.45, 2.75) is 39.3 Å². The molecule has 158 valence electrons. The molecule has 1 N–H and O–H groups in total. The van der Waals surface area contributed by atoms with Crippen LogP contribution < -0.4 is 5.32 Å². The smallest absolute Gasteiger partial charge is 0.354 e. The lowest BCUT2D eigenvalue weighted by atomic mass is 10.1. The monoisotopic (exact) mass is 412 g/mol. The summed E-state index contributed by atoms with van der Waals surface area (Å²) in [6.07, 6.45) is 5.18. The van der Waals surface area contributed by atoms with Gasteiger partial charge in [0, 0.05) is 36.6 Å². The number of nitrogens with zero attached hydrogens (tertiary/aromatic N) is 1. The van der Waals surface area contributed by atoms with Crippen LogP contribution in [-0.4, -0.2) is 17.6 Å². The van der Waals surface area contributed by atoms with E-state index in [1.165, 1.54) is 19.2 Å². The van der Waals surface area contributed by atoms with E-state index >= 15 is 0 Å². The molecule has 0 aliphatic heterocycles. The average molecular weight is 412 g/mol. The lowest BCUT2D eigenvalue weighted by Gasteiger charge is -2.08. The van der Waals surface area contributed by atoms with Gasteiger partial charge in [-0.05, 0) is 47.9 Å². The number of hydrogen-bond acceptors (Lipinski definition) is 3. The molecule has 30 heavy (non-hydrogen) atoms. The van der Waals surface area contributed by atoms with Crippen molar-refractivity contribution in [2.24, 2.45) is 0 Å². The maximum absolute atomic E-state index is 13.3. The van der Waals surface area contributed by atoms with Gasteiger partial charge in [-0.1, -0.05) is 31.9 Å². The number of nitrogens with one attached hydrogen (secondary N) is 1. The summed E-state index contributed by atoms with van der Waals surface area (Å²) in [4.78, 5) is 12.1. The van der Waals surface area contributed by atoms with Crippen LogP contribution in [0.25, 0.3) is 11.1 Å². The number of carbonyl (C=O) groups excluding carboxylic acids is 1. The Labute approximate surface area is 175 Å². The summed E-state index contributed by atoms with van der Waals surface area (Å²) in [6, 6.07) is 13.0. The van der Waals surface area contributed by atoms with Crippen molar-refractivity contribution >= 4 is 11.7 Å². The molecule has 0 fully saturated rings. The van der Waals surface area contributed by atoms with Gasteiger partial charge in [-0.25, -0.2) is 13.6 Å². The van der Waals surface area contributed by atoms with Gasteiger partial charge in [0.2, 0.25) is 0 Å². The number of carbonyl (C=O) groups is 1. The third kappa shape index (κ3) is 5.47. The Bertz CT molecular complexity index is 977. The topological polar surface area (TPSA) is 43.3 Å². The molecule has 3 rings (SSSR count). The summed E-state index contributed by atoms with van der Waals surface area (Å²) in [5, 5.41) is 3.16. The van der Waals surface area contributed by atoms with E-state index in [1.807, 2.05) is 41.1 Å². The SMILES string of the molecule is CCCCCn1cc(-c2ccc(NCc3cc(F)cc(F)c3)cc2)cc1C(=O)OC. The minimum atomic E-state index is -0.591. The number of unbranched alkanes of at least 4 members (excludes halogenated alkanes) is 2. The third-order valence-electron chi connectivity index (χ3n) is 4.93. The van der Waals surface area contributed by atoms with E-state index in [9.17, 15) is 13.6 Å². The standard InChI is InChI=1S/C24H26F2N2O2/c1-3-4-5-10-28-16-19(13-23(28)24(29)30-2)18-6-8-22(9-7-18)27-15-17-11-20(25)14-21(26)12-17/h6-9,11-14,16,27H,3-5,10,15H2,1-2H3. The maximum Gasteiger partial charge on any atom is 0.354 e. The molecule has 0 aliphatic carbocycles. The molecule has 0 radical (unpaired) electrons. The van der Waals surface area contributed by atoms with Crippen molar-refractivity contribution in [3.63, 3.8) is 0 Å². The van der Waals surface area contributed by atoms with E-state index in [0.717, 1.165) is 48.7 Å². The van der Waals surface area contributed by atoms with Crippen molar-refractivity contribution in [1.29, 1.82) is 0 Å². The lowest BCUT2D eigenvalue weighted by Crippen LogP contribution is -2.09. The van der Waals surface area contributed by atoms with Crippen LogP contribution in [0.4, 0.5) is 14.5 Å². The predicted molar refractivity (Wildman–Crippen MR) is 114 cm³/mol. The summed E-state index contributed by atoms with van der Waals surface area (Å²) < 4.78 is 33.5. The first-order chi connectivity index (χ1) is 14.5. The molecule has 0 amide bonds. The second kappa shape index (κ2) is 10.1. The van der Waals surface area contributed by atoms with Gasteiger partial charge in [0.15, 0.2) is 0 Å². The van der Waals surface area contributed by atoms with Crippen LogP contribution in [0.5, 0.6) is 0 Å². The van der Waals surface area contributed by atoms with Crippen LogP contribution in [0.3, 0.4) is 0 Å². The predicted octanol–water partition coefficient (Wildman–Crippen LogP) is 6.02. The first-order valence-corrected chi connectivity index (χ1v) is 10.1. The summed E-state index contributed by atoms with van der Waals surface area (Å²) in [7, 11) is 1.39. The zero-order chi connectivity index (χ0) is 21.5. The lowest BCUT2D eigenvalue weighted by molar-refractivity contribution is 0.0588. The molecular weight excluding hydrogens is 386 g/mol. The minimum Gasteiger partial charge on any atom is -0.464 e.